The summed E-state index contributed by atoms with van der Waals surface area (Å²) in [5, 5.41) is 11.8. The summed E-state index contributed by atoms with van der Waals surface area (Å²) >= 11 is 0. The Hall–Kier alpha value is -1.54. The first kappa shape index (κ1) is 14.9. The van der Waals surface area contributed by atoms with Crippen molar-refractivity contribution in [1.29, 1.82) is 0 Å². The van der Waals surface area contributed by atoms with E-state index in [9.17, 15) is 4.79 Å². The highest BCUT2D eigenvalue weighted by Crippen LogP contribution is 2.12. The van der Waals surface area contributed by atoms with Gasteiger partial charge in [-0.1, -0.05) is 13.3 Å². The molecular weight excluding hydrogens is 262 g/mol. The Labute approximate surface area is 118 Å². The average molecular weight is 283 g/mol. The summed E-state index contributed by atoms with van der Waals surface area (Å²) in [6, 6.07) is -0.384. The number of hydrogen-bond donors (Lipinski definition) is 0. The molecule has 1 unspecified atom stereocenters. The molecule has 112 valence electrons. The first-order chi connectivity index (χ1) is 9.76. The molecule has 1 aliphatic heterocycles. The largest absolute Gasteiger partial charge is 0.468 e. The number of esters is 1. The molecule has 2 rings (SSSR count). The Balaban J connectivity index is 2.03. The molecule has 8 heteroatoms. The molecule has 2 heterocycles. The molecule has 0 saturated carbocycles. The van der Waals surface area contributed by atoms with Gasteiger partial charge in [-0.05, 0) is 16.8 Å². The monoisotopic (exact) mass is 283 g/mol. The van der Waals surface area contributed by atoms with E-state index in [1.165, 1.54) is 7.11 Å². The minimum absolute atomic E-state index is 0.280. The zero-order chi connectivity index (χ0) is 14.4. The minimum Gasteiger partial charge on any atom is -0.468 e. The van der Waals surface area contributed by atoms with Crippen LogP contribution in [0, 0.1) is 0 Å². The lowest BCUT2D eigenvalue weighted by Gasteiger charge is -2.32. The van der Waals surface area contributed by atoms with E-state index in [4.69, 9.17) is 9.47 Å². The summed E-state index contributed by atoms with van der Waals surface area (Å²) in [4.78, 5) is 13.8. The molecule has 1 aromatic rings. The van der Waals surface area contributed by atoms with Gasteiger partial charge in [-0.25, -0.2) is 4.68 Å². The van der Waals surface area contributed by atoms with Gasteiger partial charge < -0.3 is 9.47 Å². The maximum absolute atomic E-state index is 11.8. The molecule has 1 saturated heterocycles. The predicted molar refractivity (Wildman–Crippen MR) is 69.8 cm³/mol. The fourth-order valence-electron chi connectivity index (χ4n) is 2.18. The van der Waals surface area contributed by atoms with Gasteiger partial charge in [0.15, 0.2) is 5.82 Å². The summed E-state index contributed by atoms with van der Waals surface area (Å²) in [7, 11) is 1.39. The van der Waals surface area contributed by atoms with Crippen LogP contribution in [0.4, 0.5) is 0 Å². The first-order valence-corrected chi connectivity index (χ1v) is 6.91. The van der Waals surface area contributed by atoms with Gasteiger partial charge in [0.1, 0.15) is 6.04 Å². The summed E-state index contributed by atoms with van der Waals surface area (Å²) in [6.45, 7) is 5.07. The van der Waals surface area contributed by atoms with Crippen molar-refractivity contribution in [2.24, 2.45) is 0 Å². The van der Waals surface area contributed by atoms with Crippen LogP contribution in [-0.2, 0) is 27.4 Å². The van der Waals surface area contributed by atoms with Crippen molar-refractivity contribution in [3.05, 3.63) is 5.82 Å². The van der Waals surface area contributed by atoms with E-state index < -0.39 is 0 Å². The number of aryl methyl sites for hydroxylation is 1. The van der Waals surface area contributed by atoms with Crippen LogP contribution in [0.15, 0.2) is 0 Å². The zero-order valence-electron chi connectivity index (χ0n) is 12.0. The quantitative estimate of drug-likeness (QED) is 0.671. The van der Waals surface area contributed by atoms with Gasteiger partial charge in [0.2, 0.25) is 0 Å². The number of methoxy groups -OCH3 is 1. The highest BCUT2D eigenvalue weighted by molar-refractivity contribution is 5.75. The molecule has 0 spiro atoms. The Kier molecular flexibility index (Phi) is 5.42. The lowest BCUT2D eigenvalue weighted by Crippen LogP contribution is -2.50. The molecule has 1 atom stereocenters. The summed E-state index contributed by atoms with van der Waals surface area (Å²) in [6.07, 6.45) is 2.11. The van der Waals surface area contributed by atoms with Crippen molar-refractivity contribution in [2.75, 3.05) is 26.9 Å². The molecule has 8 nitrogen and oxygen atoms in total. The van der Waals surface area contributed by atoms with Crippen LogP contribution in [0.1, 0.15) is 25.6 Å². The number of ether oxygens (including phenoxy) is 2. The number of carbonyl (C=O) groups is 1. The second-order valence-electron chi connectivity index (χ2n) is 4.76. The number of hydrogen-bond acceptors (Lipinski definition) is 7. The molecule has 20 heavy (non-hydrogen) atoms. The van der Waals surface area contributed by atoms with Crippen molar-refractivity contribution in [2.45, 2.75) is 38.9 Å². The second-order valence-corrected chi connectivity index (χ2v) is 4.76. The smallest absolute Gasteiger partial charge is 0.325 e. The van der Waals surface area contributed by atoms with Gasteiger partial charge in [-0.3, -0.25) is 9.69 Å². The SMILES string of the molecule is CCCCn1nnnc1CN1CCOCC1C(=O)OC. The van der Waals surface area contributed by atoms with Crippen LogP contribution in [0.5, 0.6) is 0 Å². The van der Waals surface area contributed by atoms with E-state index in [0.717, 1.165) is 25.2 Å². The minimum atomic E-state index is -0.384. The highest BCUT2D eigenvalue weighted by atomic mass is 16.5. The third-order valence-corrected chi connectivity index (χ3v) is 3.39. The van der Waals surface area contributed by atoms with E-state index in [0.29, 0.717) is 26.3 Å². The maximum atomic E-state index is 11.8. The lowest BCUT2D eigenvalue weighted by molar-refractivity contribution is -0.153. The van der Waals surface area contributed by atoms with Crippen molar-refractivity contribution >= 4 is 5.97 Å². The van der Waals surface area contributed by atoms with E-state index in [1.54, 1.807) is 4.68 Å². The van der Waals surface area contributed by atoms with Gasteiger partial charge >= 0.3 is 5.97 Å². The van der Waals surface area contributed by atoms with Crippen LogP contribution in [0.2, 0.25) is 0 Å². The Morgan fingerprint density at radius 3 is 3.15 bits per heavy atom. The van der Waals surface area contributed by atoms with E-state index in [2.05, 4.69) is 22.4 Å². The van der Waals surface area contributed by atoms with Crippen molar-refractivity contribution in [1.82, 2.24) is 25.1 Å². The highest BCUT2D eigenvalue weighted by Gasteiger charge is 2.31. The average Bonchev–Trinajstić information content (AvgIpc) is 2.92. The van der Waals surface area contributed by atoms with Crippen LogP contribution < -0.4 is 0 Å². The maximum Gasteiger partial charge on any atom is 0.325 e. The molecule has 0 bridgehead atoms. The fourth-order valence-corrected chi connectivity index (χ4v) is 2.18. The van der Waals surface area contributed by atoms with Crippen LogP contribution >= 0.6 is 0 Å². The van der Waals surface area contributed by atoms with Gasteiger partial charge in [0, 0.05) is 13.1 Å². The molecular formula is C12H21N5O3. The molecule has 0 amide bonds. The fraction of sp³-hybridized carbons (Fsp3) is 0.833. The van der Waals surface area contributed by atoms with Gasteiger partial charge in [-0.2, -0.15) is 0 Å². The van der Waals surface area contributed by atoms with Crippen LogP contribution in [0.3, 0.4) is 0 Å². The van der Waals surface area contributed by atoms with E-state index in [1.807, 2.05) is 4.90 Å². The molecule has 0 aliphatic carbocycles. The number of tetrazole rings is 1. The van der Waals surface area contributed by atoms with E-state index in [-0.39, 0.29) is 12.0 Å². The molecule has 0 aromatic carbocycles. The molecule has 0 N–H and O–H groups in total. The topological polar surface area (TPSA) is 82.4 Å². The van der Waals surface area contributed by atoms with Gasteiger partial charge in [0.05, 0.1) is 26.9 Å². The third-order valence-electron chi connectivity index (χ3n) is 3.39. The van der Waals surface area contributed by atoms with E-state index >= 15 is 0 Å². The molecule has 1 aliphatic rings. The number of morpholine rings is 1. The Bertz CT molecular complexity index is 436. The number of nitrogens with zero attached hydrogens (tertiary/aromatic N) is 5. The predicted octanol–water partition coefficient (Wildman–Crippen LogP) is -0.153. The van der Waals surface area contributed by atoms with Crippen molar-refractivity contribution < 1.29 is 14.3 Å². The Morgan fingerprint density at radius 1 is 1.55 bits per heavy atom. The van der Waals surface area contributed by atoms with Gasteiger partial charge in [-0.15, -0.1) is 5.10 Å². The van der Waals surface area contributed by atoms with Crippen LogP contribution in [-0.4, -0.2) is 64.0 Å². The summed E-state index contributed by atoms with van der Waals surface area (Å²) < 4.78 is 12.0. The zero-order valence-corrected chi connectivity index (χ0v) is 12.0. The lowest BCUT2D eigenvalue weighted by atomic mass is 10.2. The molecule has 0 radical (unpaired) electrons. The molecule has 1 fully saturated rings. The normalized spacial score (nSPS) is 20.0. The Morgan fingerprint density at radius 2 is 2.40 bits per heavy atom. The standard InChI is InChI=1S/C12H21N5O3/c1-3-4-5-17-11(13-14-15-17)8-16-6-7-20-9-10(16)12(18)19-2/h10H,3-9H2,1-2H3. The van der Waals surface area contributed by atoms with Gasteiger partial charge in [0.25, 0.3) is 0 Å². The number of rotatable bonds is 6. The summed E-state index contributed by atoms with van der Waals surface area (Å²) in [5.74, 6) is 0.492. The first-order valence-electron chi connectivity index (χ1n) is 6.91. The summed E-state index contributed by atoms with van der Waals surface area (Å²) in [5.41, 5.74) is 0. The van der Waals surface area contributed by atoms with Crippen molar-refractivity contribution in [3.8, 4) is 0 Å². The van der Waals surface area contributed by atoms with Crippen molar-refractivity contribution in [3.63, 3.8) is 0 Å². The second kappa shape index (κ2) is 7.30. The van der Waals surface area contributed by atoms with Crippen LogP contribution in [0.25, 0.3) is 0 Å². The number of unbranched alkanes of at least 4 members (excludes halogenated alkanes) is 1. The molecule has 1 aromatic heterocycles. The number of aromatic nitrogens is 4. The number of carbonyl (C=O) groups excluding carboxylic acids is 1. The third kappa shape index (κ3) is 3.51.